The molecule has 0 rings (SSSR count). The highest BCUT2D eigenvalue weighted by Crippen LogP contribution is 2.06. The molecule has 0 heterocycles. The number of rotatable bonds is 24. The van der Waals surface area contributed by atoms with Crippen LogP contribution in [0.1, 0.15) is 157 Å². The van der Waals surface area contributed by atoms with Gasteiger partial charge < -0.3 is 9.80 Å². The molecule has 0 aromatic heterocycles. The maximum Gasteiger partial charge on any atom is -0.00187 e. The van der Waals surface area contributed by atoms with Gasteiger partial charge in [-0.1, -0.05) is 119 Å². The number of hydrogen-bond acceptors (Lipinski definition) is 2. The Bertz CT molecular complexity index is 228. The average Bonchev–Trinajstić information content (AvgIpc) is 2.80. The first-order chi connectivity index (χ1) is 15.7. The summed E-state index contributed by atoms with van der Waals surface area (Å²) in [4.78, 5) is 5.39. The van der Waals surface area contributed by atoms with E-state index in [1.54, 1.807) is 0 Å². The summed E-state index contributed by atoms with van der Waals surface area (Å²) < 4.78 is 0. The standard InChI is InChI=1S/2C15H33N/c2*1-4-7-10-13-16(14-11-8-5-2)15-12-9-6-3/h2*4-15H2,1-3H3. The predicted molar refractivity (Wildman–Crippen MR) is 150 cm³/mol. The first-order valence-electron chi connectivity index (χ1n) is 15.1. The van der Waals surface area contributed by atoms with Crippen LogP contribution in [0.4, 0.5) is 0 Å². The largest absolute Gasteiger partial charge is 0.303 e. The highest BCUT2D eigenvalue weighted by Gasteiger charge is 2.04. The number of unbranched alkanes of at least 4 members (excludes halogenated alkanes) is 12. The molecule has 0 fully saturated rings. The van der Waals surface area contributed by atoms with Crippen LogP contribution in [0.5, 0.6) is 0 Å². The number of nitrogens with zero attached hydrogens (tertiary/aromatic N) is 2. The zero-order chi connectivity index (χ0) is 24.1. The molecule has 2 nitrogen and oxygen atoms in total. The molecule has 0 amide bonds. The lowest BCUT2D eigenvalue weighted by molar-refractivity contribution is 0.256. The maximum absolute atomic E-state index is 2.70. The van der Waals surface area contributed by atoms with Gasteiger partial charge in [0.15, 0.2) is 0 Å². The summed E-state index contributed by atoms with van der Waals surface area (Å²) in [7, 11) is 0. The summed E-state index contributed by atoms with van der Waals surface area (Å²) >= 11 is 0. The first kappa shape index (κ1) is 34.1. The lowest BCUT2D eigenvalue weighted by atomic mass is 10.2. The third kappa shape index (κ3) is 28.0. The molecule has 0 spiro atoms. The van der Waals surface area contributed by atoms with Gasteiger partial charge in [-0.2, -0.15) is 0 Å². The molecular weight excluding hydrogens is 388 g/mol. The molecule has 0 bridgehead atoms. The molecular formula is C30H66N2. The monoisotopic (exact) mass is 455 g/mol. The second kappa shape index (κ2) is 30.9. The minimum Gasteiger partial charge on any atom is -0.303 e. The van der Waals surface area contributed by atoms with Crippen LogP contribution in [0.3, 0.4) is 0 Å². The Hall–Kier alpha value is -0.0800. The zero-order valence-electron chi connectivity index (χ0n) is 23.9. The predicted octanol–water partition coefficient (Wildman–Crippen LogP) is 9.72. The summed E-state index contributed by atoms with van der Waals surface area (Å²) in [6.07, 6.45) is 24.9. The van der Waals surface area contributed by atoms with E-state index < -0.39 is 0 Å². The molecule has 0 unspecified atom stereocenters. The van der Waals surface area contributed by atoms with Gasteiger partial charge in [-0.05, 0) is 77.8 Å². The van der Waals surface area contributed by atoms with E-state index in [9.17, 15) is 0 Å². The minimum atomic E-state index is 1.33. The van der Waals surface area contributed by atoms with E-state index in [1.807, 2.05) is 0 Å². The van der Waals surface area contributed by atoms with Crippen molar-refractivity contribution in [3.63, 3.8) is 0 Å². The smallest absolute Gasteiger partial charge is 0.00187 e. The Morgan fingerprint density at radius 2 is 0.406 bits per heavy atom. The van der Waals surface area contributed by atoms with Crippen molar-refractivity contribution in [1.82, 2.24) is 9.80 Å². The van der Waals surface area contributed by atoms with E-state index in [0.717, 1.165) is 0 Å². The van der Waals surface area contributed by atoms with Gasteiger partial charge in [0.25, 0.3) is 0 Å². The van der Waals surface area contributed by atoms with Crippen molar-refractivity contribution in [1.29, 1.82) is 0 Å². The van der Waals surface area contributed by atoms with Crippen LogP contribution in [-0.2, 0) is 0 Å². The van der Waals surface area contributed by atoms with E-state index in [0.29, 0.717) is 0 Å². The van der Waals surface area contributed by atoms with Crippen molar-refractivity contribution < 1.29 is 0 Å². The number of hydrogen-bond donors (Lipinski definition) is 0. The van der Waals surface area contributed by atoms with Crippen LogP contribution in [0.2, 0.25) is 0 Å². The van der Waals surface area contributed by atoms with Crippen molar-refractivity contribution in [2.45, 2.75) is 157 Å². The van der Waals surface area contributed by atoms with Crippen molar-refractivity contribution in [3.05, 3.63) is 0 Å². The van der Waals surface area contributed by atoms with Crippen LogP contribution >= 0.6 is 0 Å². The lowest BCUT2D eigenvalue weighted by Gasteiger charge is -2.22. The fourth-order valence-corrected chi connectivity index (χ4v) is 4.18. The minimum absolute atomic E-state index is 1.33. The van der Waals surface area contributed by atoms with Crippen LogP contribution < -0.4 is 0 Å². The van der Waals surface area contributed by atoms with Crippen molar-refractivity contribution >= 4 is 0 Å². The van der Waals surface area contributed by atoms with Crippen LogP contribution in [-0.4, -0.2) is 49.1 Å². The van der Waals surface area contributed by atoms with E-state index in [-0.39, 0.29) is 0 Å². The molecule has 0 atom stereocenters. The van der Waals surface area contributed by atoms with Crippen LogP contribution in [0.25, 0.3) is 0 Å². The zero-order valence-corrected chi connectivity index (χ0v) is 23.9. The Balaban J connectivity index is 0. The summed E-state index contributed by atoms with van der Waals surface area (Å²) in [6.45, 7) is 21.7. The highest BCUT2D eigenvalue weighted by molar-refractivity contribution is 4.60. The van der Waals surface area contributed by atoms with E-state index in [2.05, 4.69) is 51.3 Å². The molecule has 0 saturated carbocycles. The molecule has 0 saturated heterocycles. The summed E-state index contributed by atoms with van der Waals surface area (Å²) in [6, 6.07) is 0. The lowest BCUT2D eigenvalue weighted by Crippen LogP contribution is -2.27. The molecule has 0 N–H and O–H groups in total. The third-order valence-corrected chi connectivity index (χ3v) is 6.47. The molecule has 0 aromatic carbocycles. The van der Waals surface area contributed by atoms with Gasteiger partial charge in [0.1, 0.15) is 0 Å². The highest BCUT2D eigenvalue weighted by atomic mass is 15.1. The Labute approximate surface area is 206 Å². The topological polar surface area (TPSA) is 6.48 Å². The average molecular weight is 455 g/mol. The molecule has 0 aliphatic rings. The van der Waals surface area contributed by atoms with E-state index in [1.165, 1.54) is 155 Å². The van der Waals surface area contributed by atoms with Gasteiger partial charge >= 0.3 is 0 Å². The molecule has 0 radical (unpaired) electrons. The quantitative estimate of drug-likeness (QED) is 0.134. The van der Waals surface area contributed by atoms with E-state index >= 15 is 0 Å². The molecule has 0 aliphatic carbocycles. The maximum atomic E-state index is 2.70. The second-order valence-corrected chi connectivity index (χ2v) is 9.93. The van der Waals surface area contributed by atoms with Crippen molar-refractivity contribution in [2.75, 3.05) is 39.3 Å². The third-order valence-electron chi connectivity index (χ3n) is 6.47. The normalized spacial score (nSPS) is 11.2. The summed E-state index contributed by atoms with van der Waals surface area (Å²) in [5.41, 5.74) is 0. The molecule has 0 aromatic rings. The van der Waals surface area contributed by atoms with E-state index in [4.69, 9.17) is 0 Å². The summed E-state index contributed by atoms with van der Waals surface area (Å²) in [5, 5.41) is 0. The molecule has 32 heavy (non-hydrogen) atoms. The van der Waals surface area contributed by atoms with Gasteiger partial charge in [-0.15, -0.1) is 0 Å². The van der Waals surface area contributed by atoms with Crippen LogP contribution in [0, 0.1) is 0 Å². The fraction of sp³-hybridized carbons (Fsp3) is 1.00. The Morgan fingerprint density at radius 1 is 0.250 bits per heavy atom. The second-order valence-electron chi connectivity index (χ2n) is 9.93. The first-order valence-corrected chi connectivity index (χ1v) is 15.1. The Kier molecular flexibility index (Phi) is 32.9. The SMILES string of the molecule is CCCCCN(CCCCC)CCCCC.CCCCCN(CCCCC)CCCCC. The summed E-state index contributed by atoms with van der Waals surface area (Å²) in [5.74, 6) is 0. The Morgan fingerprint density at radius 3 is 0.531 bits per heavy atom. The van der Waals surface area contributed by atoms with Crippen molar-refractivity contribution in [2.24, 2.45) is 0 Å². The van der Waals surface area contributed by atoms with Crippen LogP contribution in [0.15, 0.2) is 0 Å². The molecule has 196 valence electrons. The molecule has 2 heteroatoms. The van der Waals surface area contributed by atoms with Gasteiger partial charge in [-0.3, -0.25) is 0 Å². The fourth-order valence-electron chi connectivity index (χ4n) is 4.18. The van der Waals surface area contributed by atoms with Gasteiger partial charge in [-0.25, -0.2) is 0 Å². The molecule has 0 aliphatic heterocycles. The van der Waals surface area contributed by atoms with Gasteiger partial charge in [0.05, 0.1) is 0 Å². The van der Waals surface area contributed by atoms with Crippen molar-refractivity contribution in [3.8, 4) is 0 Å². The van der Waals surface area contributed by atoms with Gasteiger partial charge in [0, 0.05) is 0 Å². The van der Waals surface area contributed by atoms with Gasteiger partial charge in [0.2, 0.25) is 0 Å².